The maximum Gasteiger partial charge on any atom is 0.343 e. The van der Waals surface area contributed by atoms with Crippen LogP contribution in [-0.2, 0) is 11.1 Å². The second-order valence-electron chi connectivity index (χ2n) is 6.55. The van der Waals surface area contributed by atoms with E-state index in [2.05, 4.69) is 0 Å². The zero-order chi connectivity index (χ0) is 21.8. The molecule has 4 aromatic carbocycles. The number of esters is 2. The summed E-state index contributed by atoms with van der Waals surface area (Å²) in [5.74, 6) is -0.903. The van der Waals surface area contributed by atoms with Gasteiger partial charge in [-0.2, -0.15) is 0 Å². The molecule has 0 saturated carbocycles. The zero-order valence-corrected chi connectivity index (χ0v) is 16.8. The summed E-state index contributed by atoms with van der Waals surface area (Å²) < 4.78 is 34.0. The molecular weight excluding hydrogens is 416 g/mol. The number of rotatable bonds is 5. The average Bonchev–Trinajstić information content (AvgIpc) is 2.80. The monoisotopic (exact) mass is 431 g/mol. The maximum absolute atomic E-state index is 12.5. The van der Waals surface area contributed by atoms with Gasteiger partial charge in [0, 0.05) is 10.3 Å². The molecule has 0 heterocycles. The first-order valence-electron chi connectivity index (χ1n) is 9.23. The molecule has 1 atom stereocenters. The van der Waals surface area contributed by atoms with Gasteiger partial charge in [0.1, 0.15) is 11.5 Å². The van der Waals surface area contributed by atoms with Crippen LogP contribution in [0.4, 0.5) is 0 Å². The van der Waals surface area contributed by atoms with E-state index in [1.165, 1.54) is 18.2 Å². The zero-order valence-electron chi connectivity index (χ0n) is 16.0. The van der Waals surface area contributed by atoms with Crippen molar-refractivity contribution in [1.29, 1.82) is 0 Å². The summed E-state index contributed by atoms with van der Waals surface area (Å²) in [5.41, 5.74) is 0.700. The minimum atomic E-state index is -2.52. The van der Waals surface area contributed by atoms with Crippen molar-refractivity contribution in [1.82, 2.24) is 0 Å². The van der Waals surface area contributed by atoms with Gasteiger partial charge in [-0.05, 0) is 65.0 Å². The third-order valence-electron chi connectivity index (χ3n) is 4.49. The molecule has 4 aromatic rings. The molecule has 6 nitrogen and oxygen atoms in total. The Bertz CT molecular complexity index is 1290. The Hall–Kier alpha value is -3.81. The number of carbonyl (C=O) groups excluding carboxylic acids is 2. The van der Waals surface area contributed by atoms with Crippen LogP contribution in [0.15, 0.2) is 95.9 Å². The van der Waals surface area contributed by atoms with E-state index in [0.717, 1.165) is 0 Å². The minimum absolute atomic E-state index is 0.0302. The number of hydrogen-bond acceptors (Lipinski definition) is 6. The van der Waals surface area contributed by atoms with Gasteiger partial charge in [-0.3, -0.25) is 4.21 Å². The van der Waals surface area contributed by atoms with Gasteiger partial charge in [-0.1, -0.05) is 42.5 Å². The van der Waals surface area contributed by atoms with Crippen LogP contribution in [0.1, 0.15) is 20.7 Å². The van der Waals surface area contributed by atoms with Crippen molar-refractivity contribution < 1.29 is 27.8 Å². The van der Waals surface area contributed by atoms with Crippen LogP contribution >= 0.6 is 0 Å². The smallest absolute Gasteiger partial charge is 0.343 e. The summed E-state index contributed by atoms with van der Waals surface area (Å²) in [7, 11) is 0. The summed E-state index contributed by atoms with van der Waals surface area (Å²) in [6.07, 6.45) is 0. The van der Waals surface area contributed by atoms with Crippen molar-refractivity contribution in [3.63, 3.8) is 0 Å². The van der Waals surface area contributed by atoms with Crippen molar-refractivity contribution in [3.05, 3.63) is 102 Å². The molecule has 0 spiro atoms. The summed E-state index contributed by atoms with van der Waals surface area (Å²) >= 11 is -2.52. The highest BCUT2D eigenvalue weighted by Gasteiger charge is 2.15. The predicted octanol–water partition coefficient (Wildman–Crippen LogP) is 4.52. The molecule has 154 valence electrons. The van der Waals surface area contributed by atoms with E-state index < -0.39 is 23.0 Å². The summed E-state index contributed by atoms with van der Waals surface area (Å²) in [6, 6.07) is 24.2. The fourth-order valence-corrected chi connectivity index (χ4v) is 3.42. The van der Waals surface area contributed by atoms with Crippen LogP contribution in [-0.4, -0.2) is 20.7 Å². The first-order valence-corrected chi connectivity index (χ1v) is 10.3. The lowest BCUT2D eigenvalue weighted by Crippen LogP contribution is -2.10. The molecule has 0 aliphatic carbocycles. The van der Waals surface area contributed by atoms with Gasteiger partial charge in [0.15, 0.2) is 0 Å². The molecule has 1 unspecified atom stereocenters. The van der Waals surface area contributed by atoms with Crippen LogP contribution < -0.4 is 9.47 Å². The largest absolute Gasteiger partial charge is 0.768 e. The molecule has 0 N–H and O–H groups in total. The second-order valence-corrected chi connectivity index (χ2v) is 7.49. The molecule has 0 aliphatic rings. The molecule has 31 heavy (non-hydrogen) atoms. The highest BCUT2D eigenvalue weighted by Crippen LogP contribution is 2.33. The van der Waals surface area contributed by atoms with E-state index in [9.17, 15) is 18.4 Å². The van der Waals surface area contributed by atoms with Crippen molar-refractivity contribution in [2.45, 2.75) is 4.90 Å². The fourth-order valence-electron chi connectivity index (χ4n) is 2.99. The highest BCUT2D eigenvalue weighted by atomic mass is 32.2. The number of benzene rings is 4. The lowest BCUT2D eigenvalue weighted by atomic mass is 10.1. The predicted molar refractivity (Wildman–Crippen MR) is 114 cm³/mol. The summed E-state index contributed by atoms with van der Waals surface area (Å²) in [5, 5.41) is 0.939. The molecule has 0 aromatic heterocycles. The topological polar surface area (TPSA) is 92.7 Å². The normalized spacial score (nSPS) is 11.6. The van der Waals surface area contributed by atoms with Crippen LogP contribution in [0.3, 0.4) is 0 Å². The van der Waals surface area contributed by atoms with Gasteiger partial charge >= 0.3 is 11.9 Å². The molecule has 4 rings (SSSR count). The first-order chi connectivity index (χ1) is 15.0. The van der Waals surface area contributed by atoms with Gasteiger partial charge in [-0.25, -0.2) is 9.59 Å². The Kier molecular flexibility index (Phi) is 5.88. The quantitative estimate of drug-likeness (QED) is 0.262. The molecular formula is C24H15O6S-. The van der Waals surface area contributed by atoms with Gasteiger partial charge in [0.2, 0.25) is 0 Å². The summed E-state index contributed by atoms with van der Waals surface area (Å²) in [6.45, 7) is 0. The molecule has 0 bridgehead atoms. The van der Waals surface area contributed by atoms with E-state index in [0.29, 0.717) is 21.9 Å². The number of ether oxygens (including phenoxy) is 2. The second kappa shape index (κ2) is 8.91. The van der Waals surface area contributed by atoms with Crippen LogP contribution in [0.25, 0.3) is 10.8 Å². The third-order valence-corrected chi connectivity index (χ3v) is 5.11. The van der Waals surface area contributed by atoms with E-state index >= 15 is 0 Å². The fraction of sp³-hybridized carbons (Fsp3) is 0. The van der Waals surface area contributed by atoms with Crippen LogP contribution in [0.2, 0.25) is 0 Å². The maximum atomic E-state index is 12.5. The van der Waals surface area contributed by atoms with E-state index in [1.54, 1.807) is 72.8 Å². The van der Waals surface area contributed by atoms with E-state index in [-0.39, 0.29) is 16.4 Å². The van der Waals surface area contributed by atoms with E-state index in [1.807, 2.05) is 0 Å². The molecule has 0 fully saturated rings. The minimum Gasteiger partial charge on any atom is -0.768 e. The van der Waals surface area contributed by atoms with Gasteiger partial charge < -0.3 is 14.0 Å². The lowest BCUT2D eigenvalue weighted by molar-refractivity contribution is 0.0724. The number of hydrogen-bond donors (Lipinski definition) is 0. The Morgan fingerprint density at radius 1 is 0.710 bits per heavy atom. The van der Waals surface area contributed by atoms with Crippen LogP contribution in [0.5, 0.6) is 11.5 Å². The van der Waals surface area contributed by atoms with Crippen molar-refractivity contribution >= 4 is 33.8 Å². The Morgan fingerprint density at radius 3 is 1.87 bits per heavy atom. The lowest BCUT2D eigenvalue weighted by Gasteiger charge is -2.13. The van der Waals surface area contributed by atoms with Crippen molar-refractivity contribution in [2.24, 2.45) is 0 Å². The Morgan fingerprint density at radius 2 is 1.29 bits per heavy atom. The molecule has 0 aliphatic heterocycles. The van der Waals surface area contributed by atoms with Crippen molar-refractivity contribution in [3.8, 4) is 11.5 Å². The SMILES string of the molecule is O=C(Oc1ccc2cc(S(=O)[O-])cc(OC(=O)c3ccccc3)c2c1)c1ccccc1. The summed E-state index contributed by atoms with van der Waals surface area (Å²) in [4.78, 5) is 24.8. The Labute approximate surface area is 180 Å². The molecule has 0 radical (unpaired) electrons. The van der Waals surface area contributed by atoms with Gasteiger partial charge in [0.05, 0.1) is 11.1 Å². The molecule has 0 amide bonds. The van der Waals surface area contributed by atoms with E-state index in [4.69, 9.17) is 9.47 Å². The molecule has 7 heteroatoms. The first kappa shape index (κ1) is 20.5. The molecule has 0 saturated heterocycles. The van der Waals surface area contributed by atoms with Crippen LogP contribution in [0, 0.1) is 0 Å². The standard InChI is InChI=1S/C24H16O6S/c25-23(16-7-3-1-4-8-16)29-19-12-11-18-13-20(31(27)28)15-22(21(18)14-19)30-24(26)17-9-5-2-6-10-17/h1-15H,(H,27,28)/p-1. The van der Waals surface area contributed by atoms with Gasteiger partial charge in [0.25, 0.3) is 0 Å². The number of carbonyl (C=O) groups is 2. The number of fused-ring (bicyclic) bond motifs is 1. The Balaban J connectivity index is 1.72. The van der Waals surface area contributed by atoms with Crippen molar-refractivity contribution in [2.75, 3.05) is 0 Å². The van der Waals surface area contributed by atoms with Gasteiger partial charge in [-0.15, -0.1) is 0 Å². The highest BCUT2D eigenvalue weighted by molar-refractivity contribution is 7.79. The third kappa shape index (κ3) is 4.69. The average molecular weight is 431 g/mol.